The van der Waals surface area contributed by atoms with Gasteiger partial charge in [-0.1, -0.05) is 34.6 Å². The van der Waals surface area contributed by atoms with Crippen molar-refractivity contribution in [1.82, 2.24) is 10.6 Å². The number of rotatable bonds is 6. The minimum atomic E-state index is 0. The van der Waals surface area contributed by atoms with Crippen LogP contribution in [0.2, 0.25) is 0 Å². The molecule has 0 amide bonds. The van der Waals surface area contributed by atoms with E-state index in [4.69, 9.17) is 4.74 Å². The Labute approximate surface area is 136 Å². The minimum Gasteiger partial charge on any atom is -0.379 e. The van der Waals surface area contributed by atoms with Crippen LogP contribution in [0.3, 0.4) is 0 Å². The molecule has 0 bridgehead atoms. The van der Waals surface area contributed by atoms with Gasteiger partial charge in [-0.3, -0.25) is 4.99 Å². The maximum absolute atomic E-state index is 5.51. The zero-order valence-corrected chi connectivity index (χ0v) is 15.9. The Hall–Kier alpha value is -0.0400. The molecule has 0 aromatic rings. The van der Waals surface area contributed by atoms with Crippen LogP contribution in [-0.2, 0) is 4.74 Å². The Bertz CT molecular complexity index is 250. The first-order chi connectivity index (χ1) is 8.31. The summed E-state index contributed by atoms with van der Waals surface area (Å²) in [7, 11) is 3.55. The molecule has 0 saturated carbocycles. The molecule has 0 aromatic carbocycles. The number of hydrogen-bond acceptors (Lipinski definition) is 2. The molecular weight excluding hydrogens is 353 g/mol. The van der Waals surface area contributed by atoms with Crippen LogP contribution in [0.5, 0.6) is 0 Å². The quantitative estimate of drug-likeness (QED) is 0.420. The van der Waals surface area contributed by atoms with Crippen LogP contribution >= 0.6 is 24.0 Å². The van der Waals surface area contributed by atoms with Crippen LogP contribution in [0.15, 0.2) is 4.99 Å². The third-order valence-corrected chi connectivity index (χ3v) is 2.94. The molecule has 0 aliphatic rings. The Morgan fingerprint density at radius 2 is 1.79 bits per heavy atom. The summed E-state index contributed by atoms with van der Waals surface area (Å²) in [6, 6.07) is 0. The van der Waals surface area contributed by atoms with Gasteiger partial charge in [0.15, 0.2) is 5.96 Å². The molecule has 0 spiro atoms. The summed E-state index contributed by atoms with van der Waals surface area (Å²) in [4.78, 5) is 4.21. The Morgan fingerprint density at radius 3 is 2.16 bits per heavy atom. The Balaban J connectivity index is 0. The summed E-state index contributed by atoms with van der Waals surface area (Å²) in [5.74, 6) is 1.55. The summed E-state index contributed by atoms with van der Waals surface area (Å²) in [6.45, 7) is 12.7. The van der Waals surface area contributed by atoms with Gasteiger partial charge in [-0.2, -0.15) is 0 Å². The molecule has 2 N–H and O–H groups in total. The van der Waals surface area contributed by atoms with Crippen molar-refractivity contribution in [2.75, 3.05) is 27.2 Å². The molecule has 0 saturated heterocycles. The average Bonchev–Trinajstić information content (AvgIpc) is 2.25. The first-order valence-corrected chi connectivity index (χ1v) is 6.78. The highest BCUT2D eigenvalue weighted by Crippen LogP contribution is 2.20. The first kappa shape index (κ1) is 21.3. The lowest BCUT2D eigenvalue weighted by Gasteiger charge is -2.30. The molecule has 5 heteroatoms. The fourth-order valence-electron chi connectivity index (χ4n) is 1.63. The van der Waals surface area contributed by atoms with Gasteiger partial charge in [-0.05, 0) is 17.8 Å². The van der Waals surface area contributed by atoms with E-state index in [1.54, 1.807) is 14.2 Å². The third-order valence-electron chi connectivity index (χ3n) is 2.94. The van der Waals surface area contributed by atoms with Crippen molar-refractivity contribution in [1.29, 1.82) is 0 Å². The molecule has 0 radical (unpaired) electrons. The first-order valence-electron chi connectivity index (χ1n) is 6.78. The van der Waals surface area contributed by atoms with Crippen LogP contribution in [-0.4, -0.2) is 39.3 Å². The third kappa shape index (κ3) is 10.4. The van der Waals surface area contributed by atoms with Gasteiger partial charge in [0.2, 0.25) is 0 Å². The summed E-state index contributed by atoms with van der Waals surface area (Å²) in [5.41, 5.74) is 0.124. The maximum Gasteiger partial charge on any atom is 0.191 e. The van der Waals surface area contributed by atoms with E-state index >= 15 is 0 Å². The highest BCUT2D eigenvalue weighted by Gasteiger charge is 2.24. The van der Waals surface area contributed by atoms with Gasteiger partial charge in [0, 0.05) is 27.2 Å². The second-order valence-electron chi connectivity index (χ2n) is 6.15. The zero-order chi connectivity index (χ0) is 14.2. The smallest absolute Gasteiger partial charge is 0.191 e. The predicted molar refractivity (Wildman–Crippen MR) is 94.5 cm³/mol. The number of nitrogens with one attached hydrogen (secondary N) is 2. The SMILES string of the molecule is CN=C(NCCC(C)C)NCC(OC)C(C)(C)C.I. The number of aliphatic imine (C=N–C) groups is 1. The maximum atomic E-state index is 5.51. The molecule has 4 nitrogen and oxygen atoms in total. The summed E-state index contributed by atoms with van der Waals surface area (Å²) in [6.07, 6.45) is 1.31. The van der Waals surface area contributed by atoms with E-state index in [1.165, 1.54) is 0 Å². The molecule has 0 heterocycles. The van der Waals surface area contributed by atoms with Crippen LogP contribution in [0.25, 0.3) is 0 Å². The predicted octanol–water partition coefficient (Wildman–Crippen LogP) is 2.88. The second-order valence-corrected chi connectivity index (χ2v) is 6.15. The number of guanidine groups is 1. The Morgan fingerprint density at radius 1 is 1.21 bits per heavy atom. The van der Waals surface area contributed by atoms with E-state index in [-0.39, 0.29) is 35.5 Å². The largest absolute Gasteiger partial charge is 0.379 e. The highest BCUT2D eigenvalue weighted by molar-refractivity contribution is 14.0. The lowest BCUT2D eigenvalue weighted by atomic mass is 9.89. The van der Waals surface area contributed by atoms with Crippen molar-refractivity contribution >= 4 is 29.9 Å². The van der Waals surface area contributed by atoms with Crippen molar-refractivity contribution in [2.45, 2.75) is 47.1 Å². The number of methoxy groups -OCH3 is 1. The number of halogens is 1. The molecule has 116 valence electrons. The van der Waals surface area contributed by atoms with E-state index in [2.05, 4.69) is 50.2 Å². The van der Waals surface area contributed by atoms with Crippen molar-refractivity contribution in [3.05, 3.63) is 0 Å². The number of hydrogen-bond donors (Lipinski definition) is 2. The molecule has 0 rings (SSSR count). The van der Waals surface area contributed by atoms with E-state index in [9.17, 15) is 0 Å². The summed E-state index contributed by atoms with van der Waals surface area (Å²) < 4.78 is 5.51. The van der Waals surface area contributed by atoms with Gasteiger partial charge in [-0.25, -0.2) is 0 Å². The van der Waals surface area contributed by atoms with Gasteiger partial charge in [0.25, 0.3) is 0 Å². The fraction of sp³-hybridized carbons (Fsp3) is 0.929. The topological polar surface area (TPSA) is 45.7 Å². The molecule has 1 atom stereocenters. The molecule has 0 aliphatic carbocycles. The monoisotopic (exact) mass is 385 g/mol. The van der Waals surface area contributed by atoms with E-state index in [0.29, 0.717) is 5.92 Å². The van der Waals surface area contributed by atoms with Gasteiger partial charge < -0.3 is 15.4 Å². The Kier molecular flexibility index (Phi) is 12.0. The number of ether oxygens (including phenoxy) is 1. The summed E-state index contributed by atoms with van der Waals surface area (Å²) >= 11 is 0. The van der Waals surface area contributed by atoms with Crippen LogP contribution in [0, 0.1) is 11.3 Å². The molecule has 1 unspecified atom stereocenters. The van der Waals surface area contributed by atoms with Gasteiger partial charge in [-0.15, -0.1) is 24.0 Å². The summed E-state index contributed by atoms with van der Waals surface area (Å²) in [5, 5.41) is 6.63. The van der Waals surface area contributed by atoms with Crippen LogP contribution < -0.4 is 10.6 Å². The highest BCUT2D eigenvalue weighted by atomic mass is 127. The molecule has 0 aromatic heterocycles. The molecule has 19 heavy (non-hydrogen) atoms. The lowest BCUT2D eigenvalue weighted by Crippen LogP contribution is -2.45. The van der Waals surface area contributed by atoms with E-state index in [0.717, 1.165) is 25.5 Å². The minimum absolute atomic E-state index is 0. The molecule has 0 aliphatic heterocycles. The standard InChI is InChI=1S/C14H31N3O.HI/c1-11(2)8-9-16-13(15-6)17-10-12(18-7)14(3,4)5;/h11-12H,8-10H2,1-7H3,(H2,15,16,17);1H. The van der Waals surface area contributed by atoms with E-state index in [1.807, 2.05) is 0 Å². The second kappa shape index (κ2) is 10.7. The van der Waals surface area contributed by atoms with Crippen molar-refractivity contribution in [2.24, 2.45) is 16.3 Å². The average molecular weight is 385 g/mol. The molecular formula is C14H32IN3O. The number of nitrogens with zero attached hydrogens (tertiary/aromatic N) is 1. The van der Waals surface area contributed by atoms with E-state index < -0.39 is 0 Å². The van der Waals surface area contributed by atoms with Crippen LogP contribution in [0.1, 0.15) is 41.0 Å². The zero-order valence-electron chi connectivity index (χ0n) is 13.5. The van der Waals surface area contributed by atoms with Crippen molar-refractivity contribution in [3.63, 3.8) is 0 Å². The van der Waals surface area contributed by atoms with Gasteiger partial charge >= 0.3 is 0 Å². The van der Waals surface area contributed by atoms with Gasteiger partial charge in [0.05, 0.1) is 6.10 Å². The molecule has 0 fully saturated rings. The van der Waals surface area contributed by atoms with Gasteiger partial charge in [0.1, 0.15) is 0 Å². The fourth-order valence-corrected chi connectivity index (χ4v) is 1.63. The lowest BCUT2D eigenvalue weighted by molar-refractivity contribution is 0.0205. The van der Waals surface area contributed by atoms with Crippen molar-refractivity contribution in [3.8, 4) is 0 Å². The normalized spacial score (nSPS) is 14.0. The van der Waals surface area contributed by atoms with Crippen LogP contribution in [0.4, 0.5) is 0 Å². The van der Waals surface area contributed by atoms with Crippen molar-refractivity contribution < 1.29 is 4.74 Å².